The quantitative estimate of drug-likeness (QED) is 0.0222. The van der Waals surface area contributed by atoms with Crippen LogP contribution in [0.1, 0.15) is 318 Å². The average Bonchev–Trinajstić information content (AvgIpc) is 3.46. The van der Waals surface area contributed by atoms with Crippen LogP contribution in [0.5, 0.6) is 0 Å². The second-order valence-electron chi connectivity index (χ2n) is 23.9. The smallest absolute Gasteiger partial charge is 0.462 e. The van der Waals surface area contributed by atoms with Crippen molar-refractivity contribution in [3.8, 4) is 0 Å². The van der Waals surface area contributed by atoms with E-state index in [1.54, 1.807) is 0 Å². The molecule has 0 saturated heterocycles. The summed E-state index contributed by atoms with van der Waals surface area (Å²) in [5.41, 5.74) is 0. The number of ether oxygens (including phenoxy) is 4. The maximum atomic E-state index is 13.0. The number of esters is 4. The minimum absolute atomic E-state index is 0.105. The SMILES string of the molecule is CCCCCCCCCCCCCCCCC(=O)O[C@H](COC(=O)CCCCCCCCC(C)CC)COP(=O)(O)OC[C@@H](O)COP(=O)(O)OC[C@@H](COC(=O)CCCCCCCCC(C)C)OC(=O)CCCCCCCCCCCC. The van der Waals surface area contributed by atoms with Crippen molar-refractivity contribution in [2.75, 3.05) is 39.6 Å². The highest BCUT2D eigenvalue weighted by molar-refractivity contribution is 7.47. The molecule has 0 rings (SSSR count). The van der Waals surface area contributed by atoms with Gasteiger partial charge in [-0.3, -0.25) is 37.3 Å². The van der Waals surface area contributed by atoms with E-state index in [0.29, 0.717) is 31.6 Å². The van der Waals surface area contributed by atoms with E-state index in [-0.39, 0.29) is 25.7 Å². The second-order valence-corrected chi connectivity index (χ2v) is 26.8. The molecular weight excluding hydrogens is 1100 g/mol. The zero-order valence-corrected chi connectivity index (χ0v) is 55.3. The van der Waals surface area contributed by atoms with E-state index in [1.807, 2.05) is 0 Å². The van der Waals surface area contributed by atoms with Gasteiger partial charge in [0.15, 0.2) is 12.2 Å². The molecule has 0 aromatic carbocycles. The number of phosphoric ester groups is 2. The monoisotopic (exact) mass is 1230 g/mol. The molecule has 3 unspecified atom stereocenters. The predicted molar refractivity (Wildman–Crippen MR) is 331 cm³/mol. The molecule has 0 bridgehead atoms. The number of hydrogen-bond donors (Lipinski definition) is 3. The van der Waals surface area contributed by atoms with Gasteiger partial charge in [-0.15, -0.1) is 0 Å². The fourth-order valence-electron chi connectivity index (χ4n) is 9.50. The van der Waals surface area contributed by atoms with Crippen LogP contribution in [0.2, 0.25) is 0 Å². The van der Waals surface area contributed by atoms with E-state index in [2.05, 4.69) is 41.5 Å². The summed E-state index contributed by atoms with van der Waals surface area (Å²) in [7, 11) is -9.89. The highest BCUT2D eigenvalue weighted by atomic mass is 31.2. The fourth-order valence-corrected chi connectivity index (χ4v) is 11.1. The maximum absolute atomic E-state index is 13.0. The van der Waals surface area contributed by atoms with Crippen LogP contribution < -0.4 is 0 Å². The van der Waals surface area contributed by atoms with Crippen LogP contribution in [-0.4, -0.2) is 96.7 Å². The Labute approximate surface area is 505 Å². The number of unbranched alkanes of at least 4 members (excludes halogenated alkanes) is 32. The normalized spacial score (nSPS) is 14.6. The van der Waals surface area contributed by atoms with Crippen LogP contribution in [0.15, 0.2) is 0 Å². The predicted octanol–water partition coefficient (Wildman–Crippen LogP) is 17.7. The van der Waals surface area contributed by atoms with Crippen molar-refractivity contribution < 1.29 is 80.2 Å². The lowest BCUT2D eigenvalue weighted by atomic mass is 10.00. The van der Waals surface area contributed by atoms with Crippen molar-refractivity contribution in [1.29, 1.82) is 0 Å². The summed E-state index contributed by atoms with van der Waals surface area (Å²) in [6, 6.07) is 0. The topological polar surface area (TPSA) is 237 Å². The molecule has 0 aliphatic carbocycles. The Balaban J connectivity index is 5.24. The van der Waals surface area contributed by atoms with E-state index in [1.165, 1.54) is 122 Å². The highest BCUT2D eigenvalue weighted by Crippen LogP contribution is 2.45. The number of aliphatic hydroxyl groups is 1. The molecule has 0 radical (unpaired) electrons. The van der Waals surface area contributed by atoms with Crippen molar-refractivity contribution in [3.05, 3.63) is 0 Å². The summed E-state index contributed by atoms with van der Waals surface area (Å²) < 4.78 is 68.0. The first-order valence-electron chi connectivity index (χ1n) is 33.5. The first-order valence-corrected chi connectivity index (χ1v) is 36.5. The van der Waals surface area contributed by atoms with Crippen LogP contribution in [0.4, 0.5) is 0 Å². The molecule has 0 saturated carbocycles. The molecule has 3 N–H and O–H groups in total. The van der Waals surface area contributed by atoms with Crippen LogP contribution in [-0.2, 0) is 65.4 Å². The Morgan fingerprint density at radius 2 is 0.614 bits per heavy atom. The first-order chi connectivity index (χ1) is 39.9. The lowest BCUT2D eigenvalue weighted by Gasteiger charge is -2.21. The van der Waals surface area contributed by atoms with Gasteiger partial charge in [0.2, 0.25) is 0 Å². The van der Waals surface area contributed by atoms with Crippen molar-refractivity contribution in [1.82, 2.24) is 0 Å². The Morgan fingerprint density at radius 3 is 0.916 bits per heavy atom. The summed E-state index contributed by atoms with van der Waals surface area (Å²) in [6.07, 6.45) is 39.0. The van der Waals surface area contributed by atoms with Crippen LogP contribution in [0, 0.1) is 11.8 Å². The van der Waals surface area contributed by atoms with Gasteiger partial charge in [0, 0.05) is 25.7 Å². The van der Waals surface area contributed by atoms with Crippen molar-refractivity contribution >= 4 is 39.5 Å². The van der Waals surface area contributed by atoms with Crippen LogP contribution in [0.3, 0.4) is 0 Å². The standard InChI is InChI=1S/C64H124O17P2/c1-7-10-12-14-16-18-20-21-22-23-25-27-37-43-49-64(69)81-60(53-75-62(67)47-41-35-31-29-33-39-45-57(6)9-3)55-79-83(72,73)77-51-58(65)50-76-82(70,71)78-54-59(52-74-61(66)46-40-34-30-28-32-38-44-56(4)5)80-63(68)48-42-36-26-24-19-17-15-13-11-8-2/h56-60,65H,7-55H2,1-6H3,(H,70,71)(H,72,73)/t57?,58-,59+,60+/m0/s1. The van der Waals surface area contributed by atoms with Gasteiger partial charge in [-0.1, -0.05) is 266 Å². The number of carbonyl (C=O) groups excluding carboxylic acids is 4. The molecule has 0 amide bonds. The van der Waals surface area contributed by atoms with Gasteiger partial charge in [0.25, 0.3) is 0 Å². The van der Waals surface area contributed by atoms with E-state index in [0.717, 1.165) is 109 Å². The van der Waals surface area contributed by atoms with Gasteiger partial charge >= 0.3 is 39.5 Å². The molecule has 83 heavy (non-hydrogen) atoms. The Bertz CT molecular complexity index is 1630. The molecule has 0 heterocycles. The largest absolute Gasteiger partial charge is 0.472 e. The van der Waals surface area contributed by atoms with Gasteiger partial charge in [-0.25, -0.2) is 9.13 Å². The Kier molecular flexibility index (Phi) is 55.2. The number of hydrogen-bond acceptors (Lipinski definition) is 15. The zero-order valence-electron chi connectivity index (χ0n) is 53.5. The molecular formula is C64H124O17P2. The minimum Gasteiger partial charge on any atom is -0.462 e. The van der Waals surface area contributed by atoms with Gasteiger partial charge < -0.3 is 33.8 Å². The lowest BCUT2D eigenvalue weighted by molar-refractivity contribution is -0.161. The third-order valence-electron chi connectivity index (χ3n) is 15.1. The molecule has 6 atom stereocenters. The minimum atomic E-state index is -4.94. The summed E-state index contributed by atoms with van der Waals surface area (Å²) in [5, 5.41) is 10.5. The molecule has 17 nitrogen and oxygen atoms in total. The van der Waals surface area contributed by atoms with E-state index < -0.39 is 97.5 Å². The zero-order chi connectivity index (χ0) is 61.5. The number of rotatable bonds is 63. The van der Waals surface area contributed by atoms with E-state index in [9.17, 15) is 43.2 Å². The van der Waals surface area contributed by atoms with Crippen molar-refractivity contribution in [2.24, 2.45) is 11.8 Å². The molecule has 0 aromatic rings. The van der Waals surface area contributed by atoms with Gasteiger partial charge in [-0.05, 0) is 37.5 Å². The number of aliphatic hydroxyl groups excluding tert-OH is 1. The second kappa shape index (κ2) is 56.6. The first kappa shape index (κ1) is 81.1. The van der Waals surface area contributed by atoms with Crippen LogP contribution in [0.25, 0.3) is 0 Å². The van der Waals surface area contributed by atoms with E-state index >= 15 is 0 Å². The van der Waals surface area contributed by atoms with Crippen LogP contribution >= 0.6 is 15.6 Å². The maximum Gasteiger partial charge on any atom is 0.472 e. The average molecular weight is 1230 g/mol. The molecule has 0 aliphatic heterocycles. The molecule has 492 valence electrons. The summed E-state index contributed by atoms with van der Waals surface area (Å²) in [5.74, 6) is -0.724. The van der Waals surface area contributed by atoms with Gasteiger partial charge in [0.05, 0.1) is 26.4 Å². The lowest BCUT2D eigenvalue weighted by Crippen LogP contribution is -2.30. The molecule has 0 fully saturated rings. The summed E-state index contributed by atoms with van der Waals surface area (Å²) in [4.78, 5) is 72.2. The summed E-state index contributed by atoms with van der Waals surface area (Å²) >= 11 is 0. The fraction of sp³-hybridized carbons (Fsp3) is 0.938. The highest BCUT2D eigenvalue weighted by Gasteiger charge is 2.30. The third kappa shape index (κ3) is 57.6. The van der Waals surface area contributed by atoms with E-state index in [4.69, 9.17) is 37.0 Å². The van der Waals surface area contributed by atoms with Crippen molar-refractivity contribution in [3.63, 3.8) is 0 Å². The Morgan fingerprint density at radius 1 is 0.349 bits per heavy atom. The number of carbonyl (C=O) groups is 4. The molecule has 0 spiro atoms. The van der Waals surface area contributed by atoms with Gasteiger partial charge in [-0.2, -0.15) is 0 Å². The third-order valence-corrected chi connectivity index (χ3v) is 17.0. The summed E-state index contributed by atoms with van der Waals surface area (Å²) in [6.45, 7) is 9.37. The Hall–Kier alpha value is -1.94. The molecule has 19 heteroatoms. The number of phosphoric acid groups is 2. The van der Waals surface area contributed by atoms with Crippen molar-refractivity contribution in [2.45, 2.75) is 336 Å². The molecule has 0 aliphatic rings. The van der Waals surface area contributed by atoms with Gasteiger partial charge in [0.1, 0.15) is 19.3 Å². The molecule has 0 aromatic heterocycles.